The molecule has 2 amide bonds. The molecule has 10 heteroatoms. The lowest BCUT2D eigenvalue weighted by Gasteiger charge is -2.40. The molecule has 34 heavy (non-hydrogen) atoms. The van der Waals surface area contributed by atoms with Crippen molar-refractivity contribution >= 4 is 23.4 Å². The Kier molecular flexibility index (Phi) is 6.27. The first-order chi connectivity index (χ1) is 16.3. The number of fused-ring (bicyclic) bond motifs is 1. The van der Waals surface area contributed by atoms with Crippen LogP contribution in [0.5, 0.6) is 0 Å². The molecule has 2 heterocycles. The predicted molar refractivity (Wildman–Crippen MR) is 120 cm³/mol. The van der Waals surface area contributed by atoms with Gasteiger partial charge in [0.15, 0.2) is 0 Å². The van der Waals surface area contributed by atoms with Crippen LogP contribution in [-0.2, 0) is 17.8 Å². The highest BCUT2D eigenvalue weighted by Gasteiger charge is 2.35. The molecule has 0 fully saturated rings. The number of nitrogens with zero attached hydrogens (tertiary/aromatic N) is 5. The quantitative estimate of drug-likeness (QED) is 0.608. The van der Waals surface area contributed by atoms with Crippen LogP contribution in [0.1, 0.15) is 18.9 Å². The Morgan fingerprint density at radius 3 is 2.68 bits per heavy atom. The summed E-state index contributed by atoms with van der Waals surface area (Å²) >= 11 is 0. The summed E-state index contributed by atoms with van der Waals surface area (Å²) in [5, 5.41) is 22.8. The van der Waals surface area contributed by atoms with Crippen LogP contribution >= 0.6 is 0 Å². The summed E-state index contributed by atoms with van der Waals surface area (Å²) in [5.74, 6) is -1.97. The number of aromatic nitrogens is 2. The average molecular weight is 465 g/mol. The first-order valence-electron chi connectivity index (χ1n) is 10.6. The number of rotatable bonds is 5. The fraction of sp³-hybridized carbons (Fsp3) is 0.250. The van der Waals surface area contributed by atoms with Gasteiger partial charge in [0.25, 0.3) is 0 Å². The topological polar surface area (TPSA) is 102 Å². The second-order valence-electron chi connectivity index (χ2n) is 8.02. The third-order valence-corrected chi connectivity index (χ3v) is 5.69. The monoisotopic (exact) mass is 465 g/mol. The van der Waals surface area contributed by atoms with E-state index in [1.54, 1.807) is 42.2 Å². The van der Waals surface area contributed by atoms with Crippen molar-refractivity contribution in [3.8, 4) is 17.2 Å². The number of aryl methyl sites for hydroxylation is 1. The summed E-state index contributed by atoms with van der Waals surface area (Å²) in [4.78, 5) is 27.8. The Balaban J connectivity index is 1.69. The van der Waals surface area contributed by atoms with E-state index in [1.165, 1.54) is 15.9 Å². The zero-order chi connectivity index (χ0) is 24.4. The number of anilines is 2. The van der Waals surface area contributed by atoms with Gasteiger partial charge >= 0.3 is 6.09 Å². The van der Waals surface area contributed by atoms with Crippen LogP contribution in [0.2, 0.25) is 0 Å². The van der Waals surface area contributed by atoms with Crippen molar-refractivity contribution in [2.24, 2.45) is 0 Å². The van der Waals surface area contributed by atoms with E-state index in [4.69, 9.17) is 5.26 Å². The molecule has 1 N–H and O–H groups in total. The van der Waals surface area contributed by atoms with Crippen molar-refractivity contribution in [2.75, 3.05) is 16.3 Å². The molecule has 3 aromatic rings. The lowest BCUT2D eigenvalue weighted by molar-refractivity contribution is -0.118. The Morgan fingerprint density at radius 1 is 1.18 bits per heavy atom. The van der Waals surface area contributed by atoms with E-state index < -0.39 is 29.7 Å². The van der Waals surface area contributed by atoms with Crippen molar-refractivity contribution < 1.29 is 23.5 Å². The van der Waals surface area contributed by atoms with Crippen LogP contribution in [0.15, 0.2) is 48.8 Å². The summed E-state index contributed by atoms with van der Waals surface area (Å²) in [6.07, 6.45) is 2.23. The maximum Gasteiger partial charge on any atom is 0.411 e. The predicted octanol–water partition coefficient (Wildman–Crippen LogP) is 4.20. The highest BCUT2D eigenvalue weighted by atomic mass is 19.1. The van der Waals surface area contributed by atoms with E-state index in [9.17, 15) is 23.5 Å². The number of nitriles is 1. The SMILES string of the molecule is C[C@H]1CN(C(=O)O)c2cc(-c3cnn(CCC#N)c3)ccc2N1C(=O)Cc1ccc(F)cc1F. The smallest absolute Gasteiger partial charge is 0.411 e. The second-order valence-corrected chi connectivity index (χ2v) is 8.02. The van der Waals surface area contributed by atoms with Crippen LogP contribution < -0.4 is 9.80 Å². The lowest BCUT2D eigenvalue weighted by atomic mass is 10.0. The summed E-state index contributed by atoms with van der Waals surface area (Å²) in [5.41, 5.74) is 2.19. The minimum Gasteiger partial charge on any atom is -0.465 e. The molecule has 1 aliphatic heterocycles. The van der Waals surface area contributed by atoms with Gasteiger partial charge in [-0.2, -0.15) is 10.4 Å². The van der Waals surface area contributed by atoms with Crippen molar-refractivity contribution in [1.29, 1.82) is 5.26 Å². The van der Waals surface area contributed by atoms with E-state index in [0.717, 1.165) is 17.7 Å². The standard InChI is InChI=1S/C24H21F2N5O3/c1-15-13-30(24(33)34)22-9-16(18-12-28-29(14-18)8-2-7-27)4-6-21(22)31(15)23(32)10-17-3-5-19(25)11-20(17)26/h3-6,9,11-12,14-15H,2,8,10,13H2,1H3,(H,33,34)/t15-/m0/s1. The molecule has 1 atom stereocenters. The Labute approximate surface area is 194 Å². The summed E-state index contributed by atoms with van der Waals surface area (Å²) < 4.78 is 29.0. The van der Waals surface area contributed by atoms with Crippen molar-refractivity contribution in [1.82, 2.24) is 9.78 Å². The number of amides is 2. The summed E-state index contributed by atoms with van der Waals surface area (Å²) in [6.45, 7) is 2.18. The van der Waals surface area contributed by atoms with Gasteiger partial charge in [0.1, 0.15) is 11.6 Å². The molecule has 0 spiro atoms. The van der Waals surface area contributed by atoms with Gasteiger partial charge in [-0.1, -0.05) is 12.1 Å². The molecule has 0 aliphatic carbocycles. The Hall–Kier alpha value is -4.26. The van der Waals surface area contributed by atoms with Crippen LogP contribution in [-0.4, -0.2) is 39.5 Å². The zero-order valence-corrected chi connectivity index (χ0v) is 18.3. The van der Waals surface area contributed by atoms with E-state index in [2.05, 4.69) is 11.2 Å². The summed E-state index contributed by atoms with van der Waals surface area (Å²) in [7, 11) is 0. The Bertz CT molecular complexity index is 1300. The first-order valence-corrected chi connectivity index (χ1v) is 10.6. The van der Waals surface area contributed by atoms with Crippen LogP contribution in [0.3, 0.4) is 0 Å². The molecule has 174 valence electrons. The summed E-state index contributed by atoms with van der Waals surface area (Å²) in [6, 6.07) is 9.68. The number of carbonyl (C=O) groups is 2. The molecule has 1 aliphatic rings. The third-order valence-electron chi connectivity index (χ3n) is 5.69. The average Bonchev–Trinajstić information content (AvgIpc) is 3.27. The number of carbonyl (C=O) groups excluding carboxylic acids is 1. The van der Waals surface area contributed by atoms with Crippen molar-refractivity contribution in [3.63, 3.8) is 0 Å². The molecule has 1 aromatic heterocycles. The van der Waals surface area contributed by atoms with Gasteiger partial charge in [-0.05, 0) is 36.2 Å². The minimum absolute atomic E-state index is 0.0326. The molecular formula is C24H21F2N5O3. The molecule has 8 nitrogen and oxygen atoms in total. The van der Waals surface area contributed by atoms with E-state index >= 15 is 0 Å². The molecule has 0 bridgehead atoms. The van der Waals surface area contributed by atoms with Gasteiger partial charge in [0.05, 0.1) is 49.1 Å². The molecule has 0 saturated heterocycles. The molecular weight excluding hydrogens is 444 g/mol. The van der Waals surface area contributed by atoms with E-state index in [-0.39, 0.29) is 18.5 Å². The zero-order valence-electron chi connectivity index (χ0n) is 18.3. The first kappa shape index (κ1) is 22.9. The van der Waals surface area contributed by atoms with Crippen molar-refractivity contribution in [2.45, 2.75) is 32.4 Å². The fourth-order valence-electron chi connectivity index (χ4n) is 4.08. The van der Waals surface area contributed by atoms with Crippen LogP contribution in [0.4, 0.5) is 25.0 Å². The molecule has 0 radical (unpaired) electrons. The van der Waals surface area contributed by atoms with Gasteiger partial charge in [-0.25, -0.2) is 13.6 Å². The molecule has 0 unspecified atom stereocenters. The molecule has 4 rings (SSSR count). The van der Waals surface area contributed by atoms with Gasteiger partial charge in [-0.3, -0.25) is 14.4 Å². The van der Waals surface area contributed by atoms with Gasteiger partial charge in [0, 0.05) is 24.4 Å². The maximum atomic E-state index is 14.1. The normalized spacial score (nSPS) is 15.1. The fourth-order valence-corrected chi connectivity index (χ4v) is 4.08. The highest BCUT2D eigenvalue weighted by molar-refractivity contribution is 6.04. The van der Waals surface area contributed by atoms with Crippen LogP contribution in [0.25, 0.3) is 11.1 Å². The van der Waals surface area contributed by atoms with Gasteiger partial charge in [0.2, 0.25) is 5.91 Å². The van der Waals surface area contributed by atoms with Gasteiger partial charge in [-0.15, -0.1) is 0 Å². The van der Waals surface area contributed by atoms with Crippen molar-refractivity contribution in [3.05, 3.63) is 66.0 Å². The van der Waals surface area contributed by atoms with E-state index in [0.29, 0.717) is 29.9 Å². The molecule has 2 aromatic carbocycles. The maximum absolute atomic E-state index is 14.1. The molecule has 0 saturated carbocycles. The number of carboxylic acid groups (broad SMARTS) is 1. The minimum atomic E-state index is -1.16. The van der Waals surface area contributed by atoms with Crippen LogP contribution in [0, 0.1) is 23.0 Å². The third kappa shape index (κ3) is 4.45. The number of hydrogen-bond acceptors (Lipinski definition) is 4. The largest absolute Gasteiger partial charge is 0.465 e. The lowest BCUT2D eigenvalue weighted by Crippen LogP contribution is -2.52. The highest BCUT2D eigenvalue weighted by Crippen LogP contribution is 2.39. The number of benzene rings is 2. The Morgan fingerprint density at radius 2 is 1.97 bits per heavy atom. The second kappa shape index (κ2) is 9.31. The van der Waals surface area contributed by atoms with E-state index in [1.807, 2.05) is 0 Å². The number of hydrogen-bond donors (Lipinski definition) is 1. The number of halogens is 2. The van der Waals surface area contributed by atoms with Gasteiger partial charge < -0.3 is 10.0 Å².